The second kappa shape index (κ2) is 6.24. The number of carbonyl (C=O) groups is 2. The minimum absolute atomic E-state index is 0. The molecule has 0 aliphatic carbocycles. The molecule has 6 nitrogen and oxygen atoms in total. The summed E-state index contributed by atoms with van der Waals surface area (Å²) in [6.45, 7) is 6.32. The first-order valence-electron chi connectivity index (χ1n) is 5.59. The zero-order valence-corrected chi connectivity index (χ0v) is 12.0. The van der Waals surface area contributed by atoms with Crippen LogP contribution >= 0.6 is 12.4 Å². The number of halogens is 1. The number of hydrogen-bond acceptors (Lipinski definition) is 5. The van der Waals surface area contributed by atoms with Crippen molar-refractivity contribution in [1.29, 1.82) is 0 Å². The molecule has 1 atom stereocenters. The monoisotopic (exact) mass is 280 g/mol. The van der Waals surface area contributed by atoms with E-state index in [0.29, 0.717) is 19.5 Å². The molecule has 1 aliphatic heterocycles. The van der Waals surface area contributed by atoms with Gasteiger partial charge in [0.25, 0.3) is 0 Å². The van der Waals surface area contributed by atoms with E-state index in [-0.39, 0.29) is 12.4 Å². The van der Waals surface area contributed by atoms with Gasteiger partial charge in [0.2, 0.25) is 0 Å². The highest BCUT2D eigenvalue weighted by molar-refractivity contribution is 5.86. The molecule has 0 bridgehead atoms. The van der Waals surface area contributed by atoms with E-state index in [1.807, 2.05) is 0 Å². The van der Waals surface area contributed by atoms with Gasteiger partial charge in [-0.3, -0.25) is 0 Å². The molecule has 18 heavy (non-hydrogen) atoms. The Morgan fingerprint density at radius 2 is 1.94 bits per heavy atom. The first kappa shape index (κ1) is 17.0. The molecule has 0 aromatic carbocycles. The second-order valence-electron chi connectivity index (χ2n) is 5.13. The fraction of sp³-hybridized carbons (Fsp3) is 0.818. The zero-order valence-electron chi connectivity index (χ0n) is 11.2. The van der Waals surface area contributed by atoms with Gasteiger partial charge in [0.05, 0.1) is 7.11 Å². The number of amides is 1. The summed E-state index contributed by atoms with van der Waals surface area (Å²) in [5, 5.41) is 5.63. The maximum absolute atomic E-state index is 11.7. The first-order chi connectivity index (χ1) is 7.79. The summed E-state index contributed by atoms with van der Waals surface area (Å²) in [5.41, 5.74) is -1.59. The highest BCUT2D eigenvalue weighted by Crippen LogP contribution is 2.18. The summed E-state index contributed by atoms with van der Waals surface area (Å²) in [4.78, 5) is 23.4. The van der Waals surface area contributed by atoms with Crippen LogP contribution in [0.5, 0.6) is 0 Å². The summed E-state index contributed by atoms with van der Waals surface area (Å²) < 4.78 is 9.85. The highest BCUT2D eigenvalue weighted by Gasteiger charge is 2.44. The number of carbonyl (C=O) groups excluding carboxylic acids is 2. The van der Waals surface area contributed by atoms with Gasteiger partial charge in [-0.1, -0.05) is 0 Å². The number of rotatable bonds is 2. The van der Waals surface area contributed by atoms with E-state index >= 15 is 0 Å². The molecular formula is C11H21ClN2O4. The SMILES string of the molecule is COC(=O)C1(NC(=O)OC(C)(C)C)CCNC1.Cl. The van der Waals surface area contributed by atoms with Gasteiger partial charge in [0.1, 0.15) is 5.60 Å². The topological polar surface area (TPSA) is 76.7 Å². The van der Waals surface area contributed by atoms with Crippen LogP contribution in [0.25, 0.3) is 0 Å². The van der Waals surface area contributed by atoms with Crippen LogP contribution in [-0.2, 0) is 14.3 Å². The third-order valence-corrected chi connectivity index (χ3v) is 2.47. The number of methoxy groups -OCH3 is 1. The van der Waals surface area contributed by atoms with Crippen molar-refractivity contribution in [3.05, 3.63) is 0 Å². The summed E-state index contributed by atoms with van der Waals surface area (Å²) >= 11 is 0. The number of esters is 1. The maximum atomic E-state index is 11.7. The molecule has 1 saturated heterocycles. The van der Waals surface area contributed by atoms with Crippen molar-refractivity contribution in [3.63, 3.8) is 0 Å². The van der Waals surface area contributed by atoms with E-state index < -0.39 is 23.2 Å². The van der Waals surface area contributed by atoms with Crippen LogP contribution in [0.15, 0.2) is 0 Å². The molecule has 1 unspecified atom stereocenters. The predicted molar refractivity (Wildman–Crippen MR) is 68.9 cm³/mol. The van der Waals surface area contributed by atoms with Crippen LogP contribution in [0, 0.1) is 0 Å². The average Bonchev–Trinajstić information content (AvgIpc) is 2.63. The van der Waals surface area contributed by atoms with Crippen molar-refractivity contribution in [2.75, 3.05) is 20.2 Å². The zero-order chi connectivity index (χ0) is 13.1. The van der Waals surface area contributed by atoms with Gasteiger partial charge >= 0.3 is 12.1 Å². The molecular weight excluding hydrogens is 260 g/mol. The van der Waals surface area contributed by atoms with Crippen LogP contribution in [0.1, 0.15) is 27.2 Å². The maximum Gasteiger partial charge on any atom is 0.408 e. The third-order valence-electron chi connectivity index (χ3n) is 2.47. The van der Waals surface area contributed by atoms with Gasteiger partial charge < -0.3 is 20.1 Å². The number of hydrogen-bond donors (Lipinski definition) is 2. The Morgan fingerprint density at radius 1 is 1.33 bits per heavy atom. The molecule has 1 fully saturated rings. The molecule has 106 valence electrons. The van der Waals surface area contributed by atoms with Crippen molar-refractivity contribution in [2.45, 2.75) is 38.3 Å². The third kappa shape index (κ3) is 4.34. The molecule has 1 rings (SSSR count). The Kier molecular flexibility index (Phi) is 5.89. The van der Waals surface area contributed by atoms with Gasteiger partial charge in [0, 0.05) is 6.54 Å². The lowest BCUT2D eigenvalue weighted by Crippen LogP contribution is -2.57. The minimum Gasteiger partial charge on any atom is -0.467 e. The average molecular weight is 281 g/mol. The highest BCUT2D eigenvalue weighted by atomic mass is 35.5. The Labute approximate surface area is 113 Å². The molecule has 0 radical (unpaired) electrons. The van der Waals surface area contributed by atoms with Crippen molar-refractivity contribution in [1.82, 2.24) is 10.6 Å². The molecule has 0 aromatic heterocycles. The van der Waals surface area contributed by atoms with Crippen molar-refractivity contribution in [2.24, 2.45) is 0 Å². The Bertz CT molecular complexity index is 309. The lowest BCUT2D eigenvalue weighted by Gasteiger charge is -2.28. The fourth-order valence-corrected chi connectivity index (χ4v) is 1.72. The summed E-state index contributed by atoms with van der Waals surface area (Å²) in [5.74, 6) is -0.451. The molecule has 0 aromatic rings. The van der Waals surface area contributed by atoms with Gasteiger partial charge in [-0.2, -0.15) is 0 Å². The molecule has 1 amide bonds. The Balaban J connectivity index is 0.00000289. The normalized spacial score (nSPS) is 22.9. The van der Waals surface area contributed by atoms with Crippen LogP contribution in [0.3, 0.4) is 0 Å². The molecule has 2 N–H and O–H groups in total. The number of alkyl carbamates (subject to hydrolysis) is 1. The predicted octanol–water partition coefficient (Wildman–Crippen LogP) is 0.838. The van der Waals surface area contributed by atoms with Gasteiger partial charge in [-0.05, 0) is 33.7 Å². The molecule has 1 heterocycles. The first-order valence-corrected chi connectivity index (χ1v) is 5.59. The van der Waals surface area contributed by atoms with Crippen molar-refractivity contribution in [3.8, 4) is 0 Å². The van der Waals surface area contributed by atoms with Crippen molar-refractivity contribution < 1.29 is 19.1 Å². The summed E-state index contributed by atoms with van der Waals surface area (Å²) in [6, 6.07) is 0. The second-order valence-corrected chi connectivity index (χ2v) is 5.13. The quantitative estimate of drug-likeness (QED) is 0.733. The largest absolute Gasteiger partial charge is 0.467 e. The van der Waals surface area contributed by atoms with E-state index in [9.17, 15) is 9.59 Å². The Morgan fingerprint density at radius 3 is 2.33 bits per heavy atom. The van der Waals surface area contributed by atoms with Crippen LogP contribution < -0.4 is 10.6 Å². The lowest BCUT2D eigenvalue weighted by molar-refractivity contribution is -0.147. The smallest absolute Gasteiger partial charge is 0.408 e. The number of nitrogens with one attached hydrogen (secondary N) is 2. The van der Waals surface area contributed by atoms with Gasteiger partial charge in [0.15, 0.2) is 5.54 Å². The van der Waals surface area contributed by atoms with E-state index in [1.54, 1.807) is 20.8 Å². The van der Waals surface area contributed by atoms with Crippen LogP contribution in [0.4, 0.5) is 4.79 Å². The van der Waals surface area contributed by atoms with Gasteiger partial charge in [-0.15, -0.1) is 12.4 Å². The summed E-state index contributed by atoms with van der Waals surface area (Å²) in [6.07, 6.45) is -0.106. The standard InChI is InChI=1S/C11H20N2O4.ClH/c1-10(2,3)17-9(15)13-11(8(14)16-4)5-6-12-7-11;/h12H,5-7H2,1-4H3,(H,13,15);1H. The van der Waals surface area contributed by atoms with Crippen molar-refractivity contribution >= 4 is 24.5 Å². The van der Waals surface area contributed by atoms with E-state index in [4.69, 9.17) is 9.47 Å². The molecule has 0 saturated carbocycles. The lowest BCUT2D eigenvalue weighted by atomic mass is 9.99. The Hall–Kier alpha value is -1.01. The van der Waals surface area contributed by atoms with E-state index in [1.165, 1.54) is 7.11 Å². The van der Waals surface area contributed by atoms with Crippen LogP contribution in [-0.4, -0.2) is 43.4 Å². The van der Waals surface area contributed by atoms with Gasteiger partial charge in [-0.25, -0.2) is 9.59 Å². The molecule has 7 heteroatoms. The van der Waals surface area contributed by atoms with E-state index in [0.717, 1.165) is 0 Å². The summed E-state index contributed by atoms with van der Waals surface area (Å²) in [7, 11) is 1.30. The molecule has 0 spiro atoms. The number of ether oxygens (including phenoxy) is 2. The fourth-order valence-electron chi connectivity index (χ4n) is 1.72. The van der Waals surface area contributed by atoms with E-state index in [2.05, 4.69) is 10.6 Å². The minimum atomic E-state index is -1.00. The molecule has 1 aliphatic rings. The van der Waals surface area contributed by atoms with Crippen LogP contribution in [0.2, 0.25) is 0 Å².